The highest BCUT2D eigenvalue weighted by molar-refractivity contribution is 6.42. The average Bonchev–Trinajstić information content (AvgIpc) is 2.40. The summed E-state index contributed by atoms with van der Waals surface area (Å²) >= 11 is 11.8. The van der Waals surface area contributed by atoms with Crippen molar-refractivity contribution in [1.82, 2.24) is 0 Å². The van der Waals surface area contributed by atoms with Crippen LogP contribution in [0.5, 0.6) is 0 Å². The van der Waals surface area contributed by atoms with Crippen molar-refractivity contribution in [3.05, 3.63) is 32.3 Å². The number of carboxylic acids is 1. The first-order valence-corrected chi connectivity index (χ1v) is 7.21. The second-order valence-electron chi connectivity index (χ2n) is 5.11. The molecule has 21 heavy (non-hydrogen) atoms. The van der Waals surface area contributed by atoms with Crippen molar-refractivity contribution in [3.8, 4) is 0 Å². The standard InChI is InChI=1S/C13H14Cl2N2O4/c1-7-3-2-4-16(12(7)13(18)19)10-5-8(14)9(15)6-11(10)17(20)21/h5-7,12H,2-4H2,1H3,(H,18,19). The van der Waals surface area contributed by atoms with E-state index in [1.165, 1.54) is 11.0 Å². The van der Waals surface area contributed by atoms with Crippen LogP contribution >= 0.6 is 23.2 Å². The molecule has 6 nitrogen and oxygen atoms in total. The molecular formula is C13H14Cl2N2O4. The third kappa shape index (κ3) is 3.06. The van der Waals surface area contributed by atoms with E-state index < -0.39 is 16.9 Å². The van der Waals surface area contributed by atoms with Gasteiger partial charge in [0.25, 0.3) is 5.69 Å². The van der Waals surface area contributed by atoms with Gasteiger partial charge in [0.15, 0.2) is 0 Å². The number of aliphatic carboxylic acids is 1. The zero-order chi connectivity index (χ0) is 15.7. The van der Waals surface area contributed by atoms with E-state index in [2.05, 4.69) is 0 Å². The Morgan fingerprint density at radius 1 is 1.43 bits per heavy atom. The van der Waals surface area contributed by atoms with Crippen molar-refractivity contribution in [1.29, 1.82) is 0 Å². The first kappa shape index (κ1) is 15.9. The molecule has 0 amide bonds. The summed E-state index contributed by atoms with van der Waals surface area (Å²) in [7, 11) is 0. The number of piperidine rings is 1. The lowest BCUT2D eigenvalue weighted by Gasteiger charge is -2.38. The molecule has 1 aliphatic rings. The smallest absolute Gasteiger partial charge is 0.326 e. The molecule has 8 heteroatoms. The average molecular weight is 333 g/mol. The van der Waals surface area contributed by atoms with Crippen LogP contribution in [-0.4, -0.2) is 28.6 Å². The quantitative estimate of drug-likeness (QED) is 0.675. The van der Waals surface area contributed by atoms with Gasteiger partial charge in [0.05, 0.1) is 15.0 Å². The predicted molar refractivity (Wildman–Crippen MR) is 80.3 cm³/mol. The second kappa shape index (κ2) is 6.07. The summed E-state index contributed by atoms with van der Waals surface area (Å²) in [5, 5.41) is 20.9. The molecular weight excluding hydrogens is 319 g/mol. The van der Waals surface area contributed by atoms with Crippen molar-refractivity contribution >= 4 is 40.5 Å². The highest BCUT2D eigenvalue weighted by atomic mass is 35.5. The van der Waals surface area contributed by atoms with Crippen molar-refractivity contribution in [2.45, 2.75) is 25.8 Å². The lowest BCUT2D eigenvalue weighted by molar-refractivity contribution is -0.384. The Balaban J connectivity index is 2.55. The molecule has 1 saturated heterocycles. The fourth-order valence-corrected chi connectivity index (χ4v) is 3.05. The molecule has 1 heterocycles. The number of carbonyl (C=O) groups is 1. The number of hydrogen-bond acceptors (Lipinski definition) is 4. The molecule has 2 unspecified atom stereocenters. The Kier molecular flexibility index (Phi) is 4.58. The van der Waals surface area contributed by atoms with E-state index >= 15 is 0 Å². The summed E-state index contributed by atoms with van der Waals surface area (Å²) in [4.78, 5) is 23.7. The number of nitro benzene ring substituents is 1. The van der Waals surface area contributed by atoms with E-state index in [1.807, 2.05) is 6.92 Å². The number of hydrogen-bond donors (Lipinski definition) is 1. The Morgan fingerprint density at radius 2 is 2.05 bits per heavy atom. The summed E-state index contributed by atoms with van der Waals surface area (Å²) in [6.45, 7) is 2.26. The third-order valence-corrected chi connectivity index (χ3v) is 4.43. The van der Waals surface area contributed by atoms with Gasteiger partial charge in [-0.1, -0.05) is 30.1 Å². The summed E-state index contributed by atoms with van der Waals surface area (Å²) in [6.07, 6.45) is 1.53. The fourth-order valence-electron chi connectivity index (χ4n) is 2.74. The lowest BCUT2D eigenvalue weighted by Crippen LogP contribution is -2.49. The van der Waals surface area contributed by atoms with Crippen LogP contribution in [0.25, 0.3) is 0 Å². The number of benzene rings is 1. The Hall–Kier alpha value is -1.53. The Labute approximate surface area is 131 Å². The van der Waals surface area contributed by atoms with Gasteiger partial charge in [-0.05, 0) is 24.8 Å². The van der Waals surface area contributed by atoms with Crippen molar-refractivity contribution in [3.63, 3.8) is 0 Å². The maximum atomic E-state index is 11.5. The molecule has 2 rings (SSSR count). The summed E-state index contributed by atoms with van der Waals surface area (Å²) in [5.41, 5.74) is -0.0295. The lowest BCUT2D eigenvalue weighted by atomic mass is 9.90. The molecule has 1 aliphatic heterocycles. The fraction of sp³-hybridized carbons (Fsp3) is 0.462. The zero-order valence-electron chi connectivity index (χ0n) is 11.3. The highest BCUT2D eigenvalue weighted by Gasteiger charge is 2.37. The van der Waals surface area contributed by atoms with Crippen LogP contribution in [0.3, 0.4) is 0 Å². The molecule has 1 aromatic rings. The van der Waals surface area contributed by atoms with E-state index in [1.54, 1.807) is 0 Å². The van der Waals surface area contributed by atoms with Crippen LogP contribution in [0.15, 0.2) is 12.1 Å². The normalized spacial score (nSPS) is 22.1. The molecule has 0 bridgehead atoms. The van der Waals surface area contributed by atoms with Crippen LogP contribution in [0, 0.1) is 16.0 Å². The van der Waals surface area contributed by atoms with Gasteiger partial charge >= 0.3 is 5.97 Å². The SMILES string of the molecule is CC1CCCN(c2cc(Cl)c(Cl)cc2[N+](=O)[O-])C1C(=O)O. The van der Waals surface area contributed by atoms with Gasteiger partial charge in [0.1, 0.15) is 11.7 Å². The van der Waals surface area contributed by atoms with Crippen molar-refractivity contribution < 1.29 is 14.8 Å². The molecule has 0 aliphatic carbocycles. The second-order valence-corrected chi connectivity index (χ2v) is 5.92. The predicted octanol–water partition coefficient (Wildman–Crippen LogP) is 3.59. The highest BCUT2D eigenvalue weighted by Crippen LogP contribution is 2.39. The largest absolute Gasteiger partial charge is 0.480 e. The molecule has 1 N–H and O–H groups in total. The number of halogens is 2. The number of anilines is 1. The Bertz CT molecular complexity index is 594. The summed E-state index contributed by atoms with van der Waals surface area (Å²) < 4.78 is 0. The summed E-state index contributed by atoms with van der Waals surface area (Å²) in [5.74, 6) is -1.10. The Morgan fingerprint density at radius 3 is 2.62 bits per heavy atom. The van der Waals surface area contributed by atoms with Gasteiger partial charge in [-0.15, -0.1) is 0 Å². The van der Waals surface area contributed by atoms with Crippen molar-refractivity contribution in [2.24, 2.45) is 5.92 Å². The van der Waals surface area contributed by atoms with Gasteiger partial charge < -0.3 is 10.0 Å². The monoisotopic (exact) mass is 332 g/mol. The van der Waals surface area contributed by atoms with Gasteiger partial charge in [-0.2, -0.15) is 0 Å². The first-order chi connectivity index (χ1) is 9.82. The number of rotatable bonds is 3. The topological polar surface area (TPSA) is 83.7 Å². The molecule has 0 spiro atoms. The van der Waals surface area contributed by atoms with Gasteiger partial charge in [0, 0.05) is 12.6 Å². The molecule has 0 saturated carbocycles. The maximum absolute atomic E-state index is 11.5. The number of nitro groups is 1. The zero-order valence-corrected chi connectivity index (χ0v) is 12.8. The first-order valence-electron chi connectivity index (χ1n) is 6.45. The molecule has 0 radical (unpaired) electrons. The minimum absolute atomic E-state index is 0.0732. The third-order valence-electron chi connectivity index (χ3n) is 3.71. The number of carboxylic acid groups (broad SMARTS) is 1. The van der Waals surface area contributed by atoms with Crippen molar-refractivity contribution in [2.75, 3.05) is 11.4 Å². The molecule has 1 aromatic carbocycles. The number of nitrogens with zero attached hydrogens (tertiary/aromatic N) is 2. The van der Waals surface area contributed by atoms with E-state index in [0.717, 1.165) is 18.9 Å². The van der Waals surface area contributed by atoms with Crippen LogP contribution < -0.4 is 4.90 Å². The maximum Gasteiger partial charge on any atom is 0.326 e. The molecule has 0 aromatic heterocycles. The van der Waals surface area contributed by atoms with E-state index in [9.17, 15) is 20.0 Å². The van der Waals surface area contributed by atoms with Crippen LogP contribution in [0.2, 0.25) is 10.0 Å². The van der Waals surface area contributed by atoms with Gasteiger partial charge in [0.2, 0.25) is 0 Å². The minimum Gasteiger partial charge on any atom is -0.480 e. The van der Waals surface area contributed by atoms with E-state index in [0.29, 0.717) is 6.54 Å². The van der Waals surface area contributed by atoms with Crippen LogP contribution in [0.1, 0.15) is 19.8 Å². The molecule has 114 valence electrons. The van der Waals surface area contributed by atoms with Crippen LogP contribution in [0.4, 0.5) is 11.4 Å². The van der Waals surface area contributed by atoms with Crippen LogP contribution in [-0.2, 0) is 4.79 Å². The minimum atomic E-state index is -0.998. The van der Waals surface area contributed by atoms with E-state index in [-0.39, 0.29) is 27.3 Å². The molecule has 2 atom stereocenters. The van der Waals surface area contributed by atoms with Gasteiger partial charge in [-0.3, -0.25) is 10.1 Å². The van der Waals surface area contributed by atoms with Gasteiger partial charge in [-0.25, -0.2) is 4.79 Å². The summed E-state index contributed by atoms with van der Waals surface area (Å²) in [6, 6.07) is 1.72. The molecule has 1 fully saturated rings. The van der Waals surface area contributed by atoms with E-state index in [4.69, 9.17) is 23.2 Å².